The molecule has 1 atom stereocenters. The molecule has 0 radical (unpaired) electrons. The summed E-state index contributed by atoms with van der Waals surface area (Å²) >= 11 is 0. The molecule has 3 aliphatic rings. The fraction of sp³-hybridized carbons (Fsp3) is 0.556. The van der Waals surface area contributed by atoms with Crippen LogP contribution in [0.4, 0.5) is 0 Å². The molecule has 25 heavy (non-hydrogen) atoms. The molecule has 2 fully saturated rings. The first-order chi connectivity index (χ1) is 12.1. The van der Waals surface area contributed by atoms with Gasteiger partial charge in [0.2, 0.25) is 5.91 Å². The summed E-state index contributed by atoms with van der Waals surface area (Å²) in [6.45, 7) is 0.658. The van der Waals surface area contributed by atoms with Crippen molar-refractivity contribution in [3.63, 3.8) is 0 Å². The van der Waals surface area contributed by atoms with Crippen LogP contribution in [0.5, 0.6) is 0 Å². The first-order valence-electron chi connectivity index (χ1n) is 9.08. The van der Waals surface area contributed by atoms with Crippen LogP contribution in [0, 0.1) is 0 Å². The van der Waals surface area contributed by atoms with Gasteiger partial charge < -0.3 is 10.2 Å². The van der Waals surface area contributed by atoms with Crippen molar-refractivity contribution in [2.75, 3.05) is 6.54 Å². The predicted molar refractivity (Wildman–Crippen MR) is 94.9 cm³/mol. The predicted octanol–water partition coefficient (Wildman–Crippen LogP) is 2.05. The maximum Gasteiger partial charge on any atom is 0.285 e. The van der Waals surface area contributed by atoms with E-state index in [1.807, 2.05) is 11.0 Å². The molecule has 2 aliphatic heterocycles. The van der Waals surface area contributed by atoms with Crippen LogP contribution in [-0.4, -0.2) is 43.7 Å². The third-order valence-electron chi connectivity index (χ3n) is 5.39. The van der Waals surface area contributed by atoms with Gasteiger partial charge in [0.1, 0.15) is 10.9 Å². The fourth-order valence-electron chi connectivity index (χ4n) is 4.13. The molecule has 1 saturated carbocycles. The van der Waals surface area contributed by atoms with E-state index in [0.29, 0.717) is 17.9 Å². The normalized spacial score (nSPS) is 25.5. The maximum atomic E-state index is 12.8. The average Bonchev–Trinajstić information content (AvgIpc) is 3.19. The van der Waals surface area contributed by atoms with Crippen LogP contribution in [-0.2, 0) is 14.8 Å². The number of carbonyl (C=O) groups is 1. The number of fused-ring (bicyclic) bond motifs is 1. The molecule has 1 N–H and O–H groups in total. The van der Waals surface area contributed by atoms with Crippen molar-refractivity contribution >= 4 is 21.8 Å². The molecule has 6 nitrogen and oxygen atoms in total. The summed E-state index contributed by atoms with van der Waals surface area (Å²) in [6, 6.07) is 6.78. The van der Waals surface area contributed by atoms with Crippen LogP contribution in [0.15, 0.2) is 33.6 Å². The van der Waals surface area contributed by atoms with Crippen molar-refractivity contribution in [3.8, 4) is 0 Å². The van der Waals surface area contributed by atoms with E-state index in [-0.39, 0.29) is 22.9 Å². The number of sulfonamides is 1. The minimum absolute atomic E-state index is 0.00822. The second-order valence-corrected chi connectivity index (χ2v) is 8.65. The van der Waals surface area contributed by atoms with Gasteiger partial charge in [0.05, 0.1) is 0 Å². The van der Waals surface area contributed by atoms with Crippen molar-refractivity contribution < 1.29 is 13.2 Å². The fourth-order valence-corrected chi connectivity index (χ4v) is 5.35. The summed E-state index contributed by atoms with van der Waals surface area (Å²) in [6.07, 6.45) is 7.25. The summed E-state index contributed by atoms with van der Waals surface area (Å²) in [5.74, 6) is 0.436. The minimum atomic E-state index is -3.65. The van der Waals surface area contributed by atoms with Crippen molar-refractivity contribution in [2.45, 2.75) is 61.9 Å². The number of amides is 1. The van der Waals surface area contributed by atoms with E-state index in [1.165, 1.54) is 6.42 Å². The van der Waals surface area contributed by atoms with E-state index in [1.54, 1.807) is 18.2 Å². The molecule has 1 aromatic carbocycles. The van der Waals surface area contributed by atoms with E-state index in [0.717, 1.165) is 38.5 Å². The zero-order valence-electron chi connectivity index (χ0n) is 14.1. The highest BCUT2D eigenvalue weighted by molar-refractivity contribution is 7.90. The largest absolute Gasteiger partial charge is 0.352 e. The lowest BCUT2D eigenvalue weighted by Crippen LogP contribution is -2.49. The molecule has 0 aromatic heterocycles. The van der Waals surface area contributed by atoms with Crippen LogP contribution < -0.4 is 5.32 Å². The van der Waals surface area contributed by atoms with Crippen molar-refractivity contribution in [1.29, 1.82) is 0 Å². The van der Waals surface area contributed by atoms with Gasteiger partial charge in [0, 0.05) is 18.2 Å². The van der Waals surface area contributed by atoms with Gasteiger partial charge in [-0.2, -0.15) is 8.42 Å². The molecular weight excluding hydrogens is 338 g/mol. The highest BCUT2D eigenvalue weighted by Gasteiger charge is 2.39. The summed E-state index contributed by atoms with van der Waals surface area (Å²) in [5, 5.41) is 3.17. The molecule has 1 unspecified atom stereocenters. The Balaban J connectivity index is 1.57. The van der Waals surface area contributed by atoms with Crippen LogP contribution in [0.1, 0.15) is 50.5 Å². The lowest BCUT2D eigenvalue weighted by molar-refractivity contribution is -0.125. The Bertz CT molecular complexity index is 813. The van der Waals surface area contributed by atoms with Crippen molar-refractivity contribution in [1.82, 2.24) is 10.2 Å². The smallest absolute Gasteiger partial charge is 0.285 e. The van der Waals surface area contributed by atoms with E-state index >= 15 is 0 Å². The highest BCUT2D eigenvalue weighted by Crippen LogP contribution is 2.31. The highest BCUT2D eigenvalue weighted by atomic mass is 32.2. The van der Waals surface area contributed by atoms with Gasteiger partial charge in [-0.05, 0) is 37.8 Å². The molecule has 7 heteroatoms. The van der Waals surface area contributed by atoms with E-state index in [9.17, 15) is 13.2 Å². The van der Waals surface area contributed by atoms with E-state index < -0.39 is 10.0 Å². The third kappa shape index (κ3) is 3.05. The molecule has 1 saturated heterocycles. The summed E-state index contributed by atoms with van der Waals surface area (Å²) in [4.78, 5) is 14.9. The molecule has 4 rings (SSSR count). The van der Waals surface area contributed by atoms with Gasteiger partial charge in [-0.1, -0.05) is 31.4 Å². The second kappa shape index (κ2) is 6.44. The number of carbonyl (C=O) groups excluding carboxylic acids is 1. The topological polar surface area (TPSA) is 78.8 Å². The zero-order valence-corrected chi connectivity index (χ0v) is 15.0. The number of amidine groups is 1. The Kier molecular flexibility index (Phi) is 4.27. The number of nitrogens with one attached hydrogen (secondary N) is 1. The van der Waals surface area contributed by atoms with Gasteiger partial charge in [-0.15, -0.1) is 4.40 Å². The molecule has 1 amide bonds. The number of nitrogens with zero attached hydrogens (tertiary/aromatic N) is 2. The van der Waals surface area contributed by atoms with Crippen LogP contribution in [0.3, 0.4) is 0 Å². The standard InChI is InChI=1S/C18H23N3O3S/c22-18(19-13-7-2-1-3-8-13)15-10-6-12-21(15)17-14-9-4-5-11-16(14)25(23,24)20-17/h4-5,9,11,13,15H,1-3,6-8,10,12H2,(H,19,22). The van der Waals surface area contributed by atoms with Gasteiger partial charge in [-0.25, -0.2) is 0 Å². The quantitative estimate of drug-likeness (QED) is 0.874. The Morgan fingerprint density at radius 3 is 2.64 bits per heavy atom. The number of hydrogen-bond donors (Lipinski definition) is 1. The molecule has 134 valence electrons. The summed E-state index contributed by atoms with van der Waals surface area (Å²) < 4.78 is 28.6. The van der Waals surface area contributed by atoms with Crippen molar-refractivity contribution in [2.24, 2.45) is 4.40 Å². The van der Waals surface area contributed by atoms with Crippen molar-refractivity contribution in [3.05, 3.63) is 29.8 Å². The van der Waals surface area contributed by atoms with Crippen LogP contribution in [0.25, 0.3) is 0 Å². The van der Waals surface area contributed by atoms with Gasteiger partial charge in [0.15, 0.2) is 5.84 Å². The third-order valence-corrected chi connectivity index (χ3v) is 6.72. The first-order valence-corrected chi connectivity index (χ1v) is 10.5. The molecule has 1 aliphatic carbocycles. The monoisotopic (exact) mass is 361 g/mol. The number of likely N-dealkylation sites (tertiary alicyclic amines) is 1. The lowest BCUT2D eigenvalue weighted by Gasteiger charge is -2.29. The number of rotatable bonds is 2. The Labute approximate surface area is 148 Å². The summed E-state index contributed by atoms with van der Waals surface area (Å²) in [5.41, 5.74) is 0.611. The zero-order chi connectivity index (χ0) is 17.4. The average molecular weight is 361 g/mol. The Hall–Kier alpha value is -1.89. The number of benzene rings is 1. The molecule has 0 spiro atoms. The minimum Gasteiger partial charge on any atom is -0.352 e. The maximum absolute atomic E-state index is 12.8. The Morgan fingerprint density at radius 1 is 1.08 bits per heavy atom. The van der Waals surface area contributed by atoms with Gasteiger partial charge in [-0.3, -0.25) is 4.79 Å². The van der Waals surface area contributed by atoms with Crippen LogP contribution >= 0.6 is 0 Å². The molecule has 2 heterocycles. The summed E-state index contributed by atoms with van der Waals surface area (Å²) in [7, 11) is -3.65. The lowest BCUT2D eigenvalue weighted by atomic mass is 9.95. The van der Waals surface area contributed by atoms with Crippen LogP contribution in [0.2, 0.25) is 0 Å². The van der Waals surface area contributed by atoms with E-state index in [2.05, 4.69) is 9.71 Å². The molecule has 1 aromatic rings. The SMILES string of the molecule is O=C(NC1CCCCC1)C1CCCN1C1=NS(=O)(=O)c2ccccc21. The number of hydrogen-bond acceptors (Lipinski definition) is 4. The molecule has 0 bridgehead atoms. The second-order valence-electron chi connectivity index (χ2n) is 7.08. The van der Waals surface area contributed by atoms with E-state index in [4.69, 9.17) is 0 Å². The molecular formula is C18H23N3O3S. The Morgan fingerprint density at radius 2 is 1.84 bits per heavy atom. The van der Waals surface area contributed by atoms with Gasteiger partial charge >= 0.3 is 0 Å². The van der Waals surface area contributed by atoms with Gasteiger partial charge in [0.25, 0.3) is 10.0 Å². The first kappa shape index (κ1) is 16.6.